The average molecular weight is 1250 g/mol. The molecule has 0 bridgehead atoms. The van der Waals surface area contributed by atoms with Gasteiger partial charge in [-0.15, -0.1) is 0 Å². The zero-order valence-corrected chi connectivity index (χ0v) is 59.9. The number of carbonyl (C=O) groups is 2. The Morgan fingerprint density at radius 3 is 0.796 bits per heavy atom. The monoisotopic (exact) mass is 1240 g/mol. The number of aldehydes is 2. The molecule has 21 nitrogen and oxygen atoms in total. The van der Waals surface area contributed by atoms with Crippen LogP contribution in [0.4, 0.5) is 0 Å². The molecule has 0 aliphatic rings. The maximum absolute atomic E-state index is 10.5. The Labute approximate surface area is 579 Å². The van der Waals surface area contributed by atoms with Crippen LogP contribution < -0.4 is 291 Å². The minimum atomic E-state index is -3.18. The van der Waals surface area contributed by atoms with Crippen molar-refractivity contribution in [1.82, 2.24) is 0 Å². The van der Waals surface area contributed by atoms with Crippen LogP contribution in [-0.2, 0) is 86.6 Å². The quantitative estimate of drug-likeness (QED) is 0.0365. The van der Waals surface area contributed by atoms with E-state index in [9.17, 15) is 36.6 Å². The van der Waals surface area contributed by atoms with Gasteiger partial charge in [0.2, 0.25) is 0 Å². The number of aliphatic hydroxyl groups is 15. The standard InChI is InChI=1S/C6H12O8S2.C6H12O5.C6H14O4S2.C5H10O4.5Rb.H2S/c1-2(7)3(8)4(9)5(10)6(15(11)12)16(13)14;1-3(8)5(10)6(11)4(9)2-7;1-2(7)3(8)4(9)5(10)6(11)12;1-3(7)5(9)4(8)2-6;;;;;;/h2-10H,1H3;2-6,8-11H,1H3;2-12H,1H3;2-5,7-9H,1H3;;;;;;1H2/q-2;;;;5*+1;/p-3/t2-,3-,4+,5+;3-,4-,5-,6-;2-,3-,4+,5+;3-,4-,5-;;;;;;/m0000....../s1. The van der Waals surface area contributed by atoms with Gasteiger partial charge in [0.1, 0.15) is 54.9 Å². The molecular weight excluding hydrogens is 1200 g/mol. The molecule has 0 spiro atoms. The van der Waals surface area contributed by atoms with Crippen LogP contribution in [0.1, 0.15) is 27.7 Å². The zero-order valence-electron chi connectivity index (χ0n) is 31.2. The van der Waals surface area contributed by atoms with Gasteiger partial charge in [0.15, 0.2) is 12.6 Å². The molecule has 0 heterocycles. The first-order valence-corrected chi connectivity index (χ1v) is 16.5. The largest absolute Gasteiger partial charge is 1.00 e. The predicted octanol–water partition coefficient (Wildman–Crippen LogP) is -24.0. The third kappa shape index (κ3) is 40.9. The van der Waals surface area contributed by atoms with Crippen LogP contribution in [0.25, 0.3) is 0 Å². The summed E-state index contributed by atoms with van der Waals surface area (Å²) in [5, 5.41) is 133. The summed E-state index contributed by atoms with van der Waals surface area (Å²) in [5.74, 6) is 0. The van der Waals surface area contributed by atoms with E-state index in [0.717, 1.165) is 6.92 Å². The summed E-state index contributed by atoms with van der Waals surface area (Å²) in [6.45, 7) is 4.91. The van der Waals surface area contributed by atoms with E-state index >= 15 is 0 Å². The van der Waals surface area contributed by atoms with Gasteiger partial charge < -0.3 is 142 Å². The van der Waals surface area contributed by atoms with Crippen molar-refractivity contribution >= 4 is 72.7 Å². The molecule has 0 aromatic carbocycles. The third-order valence-corrected chi connectivity index (χ3v) is 8.46. The van der Waals surface area contributed by atoms with Crippen LogP contribution in [0.15, 0.2) is 0 Å². The van der Waals surface area contributed by atoms with Gasteiger partial charge >= 0.3 is 291 Å². The number of rotatable bonds is 17. The summed E-state index contributed by atoms with van der Waals surface area (Å²) < 4.78 is 38.6. The Hall–Kier alpha value is 8.72. The Bertz CT molecular complexity index is 970. The topological polar surface area (TPSA) is 406 Å². The van der Waals surface area contributed by atoms with Gasteiger partial charge in [-0.05, 0) is 27.7 Å². The molecule has 15 atom stereocenters. The van der Waals surface area contributed by atoms with Crippen LogP contribution in [0.5, 0.6) is 0 Å². The second-order valence-corrected chi connectivity index (χ2v) is 13.6. The van der Waals surface area contributed by atoms with E-state index in [1.54, 1.807) is 0 Å². The molecule has 54 heavy (non-hydrogen) atoms. The van der Waals surface area contributed by atoms with E-state index in [1.165, 1.54) is 20.8 Å². The van der Waals surface area contributed by atoms with Crippen molar-refractivity contribution in [2.75, 3.05) is 0 Å². The fourth-order valence-electron chi connectivity index (χ4n) is 2.52. The van der Waals surface area contributed by atoms with Gasteiger partial charge in [0.05, 0.1) is 30.5 Å². The number of hydrogen-bond acceptors (Lipinski definition) is 26. The fourth-order valence-corrected chi connectivity index (χ4v) is 4.13. The van der Waals surface area contributed by atoms with E-state index in [2.05, 4.69) is 25.3 Å². The van der Waals surface area contributed by atoms with Crippen LogP contribution in [0.3, 0.4) is 0 Å². The van der Waals surface area contributed by atoms with Gasteiger partial charge in [-0.3, -0.25) is 4.58 Å². The maximum atomic E-state index is 10.5. The summed E-state index contributed by atoms with van der Waals surface area (Å²) in [6.07, 6.45) is -22.7. The zero-order chi connectivity index (χ0) is 39.4. The van der Waals surface area contributed by atoms with E-state index in [4.69, 9.17) is 66.4 Å². The van der Waals surface area contributed by atoms with Crippen molar-refractivity contribution in [2.24, 2.45) is 0 Å². The van der Waals surface area contributed by atoms with Gasteiger partial charge in [-0.1, -0.05) is 26.0 Å². The number of hydrogen-bond donors (Lipinski definition) is 15. The van der Waals surface area contributed by atoms with Crippen molar-refractivity contribution in [3.8, 4) is 0 Å². The van der Waals surface area contributed by atoms with Crippen LogP contribution in [-0.4, -0.2) is 190 Å². The van der Waals surface area contributed by atoms with Crippen LogP contribution in [0.2, 0.25) is 0 Å². The van der Waals surface area contributed by atoms with Gasteiger partial charge in [0.25, 0.3) is 0 Å². The minimum absolute atomic E-state index is 0. The molecule has 0 saturated carbocycles. The molecule has 15 N–H and O–H groups in total. The fraction of sp³-hybridized carbons (Fsp3) is 0.913. The van der Waals surface area contributed by atoms with Gasteiger partial charge in [0, 0.05) is 6.10 Å². The summed E-state index contributed by atoms with van der Waals surface area (Å²) in [4.78, 5) is 19.6. The Morgan fingerprint density at radius 1 is 0.389 bits per heavy atom. The van der Waals surface area contributed by atoms with Crippen molar-refractivity contribution in [1.29, 1.82) is 0 Å². The Balaban J connectivity index is -0.0000000587. The van der Waals surface area contributed by atoms with Crippen LogP contribution >= 0.6 is 0 Å². The van der Waals surface area contributed by atoms with E-state index in [-0.39, 0.29) is 317 Å². The smallest absolute Gasteiger partial charge is 0.813 e. The molecule has 0 saturated heterocycles. The molecule has 0 amide bonds. The van der Waals surface area contributed by atoms with Crippen molar-refractivity contribution < 1.29 is 394 Å². The van der Waals surface area contributed by atoms with Crippen molar-refractivity contribution in [3.63, 3.8) is 0 Å². The first kappa shape index (κ1) is 86.0. The molecule has 0 fully saturated rings. The maximum Gasteiger partial charge on any atom is 1.00 e. The average Bonchev–Trinajstić information content (AvgIpc) is 3.00. The summed E-state index contributed by atoms with van der Waals surface area (Å²) >= 11 is 8.99. The van der Waals surface area contributed by atoms with Gasteiger partial charge in [-0.2, -0.15) is 0 Å². The van der Waals surface area contributed by atoms with Crippen LogP contribution in [0, 0.1) is 0 Å². The number of carbonyl (C=O) groups excluding carboxylic acids is 2. The summed E-state index contributed by atoms with van der Waals surface area (Å²) in [5.41, 5.74) is 0. The summed E-state index contributed by atoms with van der Waals surface area (Å²) in [6, 6.07) is 0. The second-order valence-electron chi connectivity index (χ2n) is 9.89. The first-order chi connectivity index (χ1) is 21.7. The second kappa shape index (κ2) is 49.6. The third-order valence-electron chi connectivity index (χ3n) is 5.64. The molecule has 0 unspecified atom stereocenters. The normalized spacial score (nSPS) is 18.7. The van der Waals surface area contributed by atoms with E-state index in [1.807, 2.05) is 0 Å². The van der Waals surface area contributed by atoms with E-state index < -0.39 is 122 Å². The Kier molecular flexibility index (Phi) is 79.0. The first-order valence-electron chi connectivity index (χ1n) is 13.3. The predicted molar refractivity (Wildman–Crippen MR) is 173 cm³/mol. The molecule has 0 rings (SSSR count). The molecule has 0 radical (unpaired) electrons. The number of thiol groups is 1. The molecule has 0 aromatic rings. The summed E-state index contributed by atoms with van der Waals surface area (Å²) in [7, 11) is -6.36. The SMILES string of the molecule is C[C@H](O)[C@H](O)[C@@H](O)C=O.C[C@H](O)[C@H](O)[C@@H](O)[C@@H](O)C([S-](=O)=O)[S-](=O)=O.C[C@H](O)[C@H](O)[C@@H](O)[C@@H](O)C([S-])[S-].C[C@H](O)[C@H](O)[C@@H](O)[C@@H](O)C=O.[Rb+].[Rb+].[Rb+].[Rb+].[Rb+].[SH-]. The molecule has 0 aromatic heterocycles. The molecule has 31 heteroatoms. The Morgan fingerprint density at radius 2 is 0.611 bits per heavy atom. The number of aliphatic hydroxyl groups excluding tert-OH is 15. The molecular formula is C23H47O21Rb5S5. The molecule has 0 aliphatic heterocycles. The van der Waals surface area contributed by atoms with Gasteiger partial charge in [-0.25, -0.2) is 0 Å². The van der Waals surface area contributed by atoms with Crippen molar-refractivity contribution in [2.45, 2.75) is 128 Å². The molecule has 0 aliphatic carbocycles. The minimum Gasteiger partial charge on any atom is -0.813 e. The molecule has 300 valence electrons. The van der Waals surface area contributed by atoms with E-state index in [0.29, 0.717) is 0 Å². The van der Waals surface area contributed by atoms with Crippen molar-refractivity contribution in [3.05, 3.63) is 0 Å².